The van der Waals surface area contributed by atoms with Crippen LogP contribution in [0.15, 0.2) is 89.8 Å². The van der Waals surface area contributed by atoms with Crippen LogP contribution in [-0.2, 0) is 0 Å². The summed E-state index contributed by atoms with van der Waals surface area (Å²) < 4.78 is 19.1. The van der Waals surface area contributed by atoms with Gasteiger partial charge in [0.05, 0.1) is 32.4 Å². The second-order valence-electron chi connectivity index (χ2n) is 8.96. The molecule has 0 bridgehead atoms. The van der Waals surface area contributed by atoms with Crippen molar-refractivity contribution in [2.75, 3.05) is 43.7 Å². The molecule has 0 aliphatic carbocycles. The molecular formula is C32H33N5O4S. The average Bonchev–Trinajstić information content (AvgIpc) is 3.04. The molecule has 10 heteroatoms. The standard InChI is InChI=1S/C23H23N5O2S.C9H10O2/c1-24-15-8-10-19(11-9-15)31-28-23-22(26-20-6-4-5-7-21(20)27-23)25-16-12-17(29-2)14-18(13-16)30-3;1-7-3-4-8(6-10)5-9(7)11-2/h4-14,24H,1-3H3,(H,25,26)(H,27,28);3-6H,1-2H3. The molecule has 9 nitrogen and oxygen atoms in total. The van der Waals surface area contributed by atoms with Crippen LogP contribution in [0.4, 0.5) is 23.0 Å². The Morgan fingerprint density at radius 1 is 0.738 bits per heavy atom. The zero-order valence-corrected chi connectivity index (χ0v) is 24.9. The van der Waals surface area contributed by atoms with Gasteiger partial charge in [-0.25, -0.2) is 9.97 Å². The van der Waals surface area contributed by atoms with E-state index in [9.17, 15) is 4.79 Å². The summed E-state index contributed by atoms with van der Waals surface area (Å²) in [5, 5.41) is 6.47. The lowest BCUT2D eigenvalue weighted by atomic mass is 10.1. The smallest absolute Gasteiger partial charge is 0.180 e. The highest BCUT2D eigenvalue weighted by Crippen LogP contribution is 2.32. The number of anilines is 4. The number of carbonyl (C=O) groups excluding carboxylic acids is 1. The molecule has 216 valence electrons. The maximum atomic E-state index is 10.3. The molecular weight excluding hydrogens is 550 g/mol. The van der Waals surface area contributed by atoms with Crippen LogP contribution in [0.1, 0.15) is 15.9 Å². The van der Waals surface area contributed by atoms with E-state index in [-0.39, 0.29) is 0 Å². The molecule has 42 heavy (non-hydrogen) atoms. The molecule has 5 aromatic rings. The van der Waals surface area contributed by atoms with Gasteiger partial charge < -0.3 is 29.6 Å². The number of nitrogens with zero attached hydrogens (tertiary/aromatic N) is 2. The van der Waals surface area contributed by atoms with Crippen LogP contribution in [0.2, 0.25) is 0 Å². The van der Waals surface area contributed by atoms with E-state index >= 15 is 0 Å². The first-order valence-electron chi connectivity index (χ1n) is 13.0. The Balaban J connectivity index is 0.000000310. The largest absolute Gasteiger partial charge is 0.497 e. The van der Waals surface area contributed by atoms with Crippen molar-refractivity contribution in [3.05, 3.63) is 96.1 Å². The number of aromatic nitrogens is 2. The van der Waals surface area contributed by atoms with E-state index in [1.807, 2.05) is 86.8 Å². The van der Waals surface area contributed by atoms with Crippen molar-refractivity contribution in [1.29, 1.82) is 0 Å². The molecule has 0 atom stereocenters. The molecule has 0 saturated carbocycles. The fourth-order valence-corrected chi connectivity index (χ4v) is 4.51. The molecule has 1 heterocycles. The molecule has 0 fully saturated rings. The van der Waals surface area contributed by atoms with E-state index in [0.29, 0.717) is 28.7 Å². The van der Waals surface area contributed by atoms with Crippen LogP contribution in [0, 0.1) is 6.92 Å². The van der Waals surface area contributed by atoms with E-state index in [0.717, 1.165) is 44.9 Å². The Hall–Kier alpha value is -4.96. The number of aryl methyl sites for hydroxylation is 1. The van der Waals surface area contributed by atoms with Gasteiger partial charge in [0, 0.05) is 47.1 Å². The van der Waals surface area contributed by atoms with Gasteiger partial charge in [-0.05, 0) is 66.9 Å². The van der Waals surface area contributed by atoms with Gasteiger partial charge in [0.25, 0.3) is 0 Å². The summed E-state index contributed by atoms with van der Waals surface area (Å²) >= 11 is 1.47. The third-order valence-electron chi connectivity index (χ3n) is 6.16. The number of hydrogen-bond donors (Lipinski definition) is 3. The van der Waals surface area contributed by atoms with Crippen molar-refractivity contribution in [2.45, 2.75) is 11.8 Å². The number of benzene rings is 4. The first-order valence-corrected chi connectivity index (χ1v) is 13.8. The number of fused-ring (bicyclic) bond motifs is 1. The van der Waals surface area contributed by atoms with Crippen LogP contribution >= 0.6 is 11.9 Å². The van der Waals surface area contributed by atoms with Crippen LogP contribution in [0.3, 0.4) is 0 Å². The zero-order valence-electron chi connectivity index (χ0n) is 24.1. The lowest BCUT2D eigenvalue weighted by Gasteiger charge is -2.14. The van der Waals surface area contributed by atoms with Gasteiger partial charge in [0.1, 0.15) is 23.5 Å². The zero-order chi connectivity index (χ0) is 29.9. The minimum atomic E-state index is 0.605. The van der Waals surface area contributed by atoms with E-state index in [1.165, 1.54) is 11.9 Å². The molecule has 0 aliphatic rings. The molecule has 4 aromatic carbocycles. The summed E-state index contributed by atoms with van der Waals surface area (Å²) in [6, 6.07) is 26.8. The van der Waals surface area contributed by atoms with E-state index in [1.54, 1.807) is 33.5 Å². The summed E-state index contributed by atoms with van der Waals surface area (Å²) in [7, 11) is 6.74. The summed E-state index contributed by atoms with van der Waals surface area (Å²) in [4.78, 5) is 20.9. The number of methoxy groups -OCH3 is 3. The van der Waals surface area contributed by atoms with Crippen LogP contribution in [-0.4, -0.2) is 44.6 Å². The van der Waals surface area contributed by atoms with Crippen molar-refractivity contribution >= 4 is 52.3 Å². The van der Waals surface area contributed by atoms with Crippen LogP contribution in [0.25, 0.3) is 11.0 Å². The molecule has 0 unspecified atom stereocenters. The van der Waals surface area contributed by atoms with Gasteiger partial charge in [0.2, 0.25) is 0 Å². The topological polar surface area (TPSA) is 107 Å². The number of carbonyl (C=O) groups is 1. The highest BCUT2D eigenvalue weighted by atomic mass is 32.2. The average molecular weight is 584 g/mol. The third kappa shape index (κ3) is 7.82. The van der Waals surface area contributed by atoms with E-state index in [2.05, 4.69) is 15.4 Å². The Bertz CT molecular complexity index is 1620. The Morgan fingerprint density at radius 2 is 1.38 bits per heavy atom. The Morgan fingerprint density at radius 3 is 1.95 bits per heavy atom. The SMILES string of the molecule is CNc1ccc(SNc2nc3ccccc3nc2Nc2cc(OC)cc(OC)c2)cc1.COc1cc(C=O)ccc1C. The van der Waals surface area contributed by atoms with Gasteiger partial charge >= 0.3 is 0 Å². The molecule has 0 aliphatic heterocycles. The molecule has 0 amide bonds. The van der Waals surface area contributed by atoms with Gasteiger partial charge in [-0.2, -0.15) is 0 Å². The number of para-hydroxylation sites is 2. The first-order chi connectivity index (χ1) is 20.5. The molecule has 0 saturated heterocycles. The van der Waals surface area contributed by atoms with Gasteiger partial charge in [-0.3, -0.25) is 4.79 Å². The van der Waals surface area contributed by atoms with Crippen molar-refractivity contribution in [2.24, 2.45) is 0 Å². The number of rotatable bonds is 10. The normalized spacial score (nSPS) is 10.2. The van der Waals surface area contributed by atoms with E-state index in [4.69, 9.17) is 24.2 Å². The third-order valence-corrected chi connectivity index (χ3v) is 6.96. The lowest BCUT2D eigenvalue weighted by molar-refractivity contribution is 0.112. The molecule has 0 radical (unpaired) electrons. The second kappa shape index (κ2) is 14.6. The van der Waals surface area contributed by atoms with Crippen molar-refractivity contribution < 1.29 is 19.0 Å². The minimum absolute atomic E-state index is 0.605. The monoisotopic (exact) mass is 583 g/mol. The number of hydrogen-bond acceptors (Lipinski definition) is 10. The van der Waals surface area contributed by atoms with Crippen LogP contribution in [0.5, 0.6) is 17.2 Å². The summed E-state index contributed by atoms with van der Waals surface area (Å²) in [5.74, 6) is 3.36. The number of ether oxygens (including phenoxy) is 3. The molecule has 0 spiro atoms. The molecule has 5 rings (SSSR count). The van der Waals surface area contributed by atoms with Crippen molar-refractivity contribution in [3.8, 4) is 17.2 Å². The fraction of sp³-hybridized carbons (Fsp3) is 0.156. The predicted molar refractivity (Wildman–Crippen MR) is 171 cm³/mol. The summed E-state index contributed by atoms with van der Waals surface area (Å²) in [6.07, 6.45) is 0.808. The predicted octanol–water partition coefficient (Wildman–Crippen LogP) is 7.37. The first kappa shape index (κ1) is 30.0. The maximum Gasteiger partial charge on any atom is 0.180 e. The van der Waals surface area contributed by atoms with Gasteiger partial charge in [-0.1, -0.05) is 24.3 Å². The minimum Gasteiger partial charge on any atom is -0.497 e. The van der Waals surface area contributed by atoms with E-state index < -0.39 is 0 Å². The second-order valence-corrected chi connectivity index (χ2v) is 9.84. The van der Waals surface area contributed by atoms with Crippen LogP contribution < -0.4 is 29.6 Å². The maximum absolute atomic E-state index is 10.3. The quantitative estimate of drug-likeness (QED) is 0.114. The van der Waals surface area contributed by atoms with Crippen molar-refractivity contribution in [3.63, 3.8) is 0 Å². The fourth-order valence-electron chi connectivity index (χ4n) is 3.88. The highest BCUT2D eigenvalue weighted by molar-refractivity contribution is 8.00. The van der Waals surface area contributed by atoms with Gasteiger partial charge in [-0.15, -0.1) is 0 Å². The molecule has 1 aromatic heterocycles. The van der Waals surface area contributed by atoms with Gasteiger partial charge in [0.15, 0.2) is 11.6 Å². The number of aldehydes is 1. The summed E-state index contributed by atoms with van der Waals surface area (Å²) in [6.45, 7) is 1.94. The summed E-state index contributed by atoms with van der Waals surface area (Å²) in [5.41, 5.74) is 5.14. The highest BCUT2D eigenvalue weighted by Gasteiger charge is 2.12. The Labute approximate surface area is 249 Å². The molecule has 3 N–H and O–H groups in total. The number of nitrogens with one attached hydrogen (secondary N) is 3. The Kier molecular flexibility index (Phi) is 10.4. The van der Waals surface area contributed by atoms with Crippen molar-refractivity contribution in [1.82, 2.24) is 9.97 Å². The lowest BCUT2D eigenvalue weighted by Crippen LogP contribution is -2.02.